The minimum atomic E-state index is -0.678. The quantitative estimate of drug-likeness (QED) is 0.513. The number of amides is 1. The molecule has 23 heavy (non-hydrogen) atoms. The molecule has 0 aliphatic rings. The second-order valence-corrected chi connectivity index (χ2v) is 4.62. The van der Waals surface area contributed by atoms with Gasteiger partial charge in [-0.05, 0) is 25.1 Å². The Hall–Kier alpha value is -3.29. The van der Waals surface area contributed by atoms with Crippen LogP contribution < -0.4 is 5.32 Å². The molecule has 1 heterocycles. The molecule has 118 valence electrons. The van der Waals surface area contributed by atoms with Gasteiger partial charge in [0.1, 0.15) is 0 Å². The van der Waals surface area contributed by atoms with Crippen molar-refractivity contribution in [3.05, 3.63) is 64.0 Å². The minimum absolute atomic E-state index is 0.102. The molecule has 0 aliphatic heterocycles. The van der Waals surface area contributed by atoms with E-state index in [1.54, 1.807) is 13.0 Å². The smallest absolute Gasteiger partial charge is 0.340 e. The third-order valence-electron chi connectivity index (χ3n) is 2.92. The molecule has 0 bridgehead atoms. The summed E-state index contributed by atoms with van der Waals surface area (Å²) in [4.78, 5) is 37.5. The Bertz CT molecular complexity index is 746. The molecule has 8 heteroatoms. The van der Waals surface area contributed by atoms with Crippen LogP contribution in [0.15, 0.2) is 42.7 Å². The van der Waals surface area contributed by atoms with Gasteiger partial charge in [-0.25, -0.2) is 4.79 Å². The molecule has 0 atom stereocenters. The Kier molecular flexibility index (Phi) is 4.98. The number of pyridine rings is 1. The molecule has 0 unspecified atom stereocenters. The number of nitrogens with zero attached hydrogens (tertiary/aromatic N) is 2. The lowest BCUT2D eigenvalue weighted by atomic mass is 10.2. The van der Waals surface area contributed by atoms with E-state index in [0.717, 1.165) is 0 Å². The summed E-state index contributed by atoms with van der Waals surface area (Å²) in [7, 11) is 0. The Morgan fingerprint density at radius 1 is 1.35 bits per heavy atom. The fourth-order valence-corrected chi connectivity index (χ4v) is 1.78. The van der Waals surface area contributed by atoms with Gasteiger partial charge in [-0.1, -0.05) is 6.07 Å². The second kappa shape index (κ2) is 7.12. The van der Waals surface area contributed by atoms with E-state index in [4.69, 9.17) is 4.74 Å². The van der Waals surface area contributed by atoms with Crippen LogP contribution in [0.4, 0.5) is 11.4 Å². The van der Waals surface area contributed by atoms with Crippen LogP contribution in [0.25, 0.3) is 0 Å². The average Bonchev–Trinajstić information content (AvgIpc) is 2.55. The normalized spacial score (nSPS) is 9.96. The van der Waals surface area contributed by atoms with E-state index in [-0.39, 0.29) is 16.9 Å². The summed E-state index contributed by atoms with van der Waals surface area (Å²) in [6.07, 6.45) is 2.83. The van der Waals surface area contributed by atoms with E-state index in [2.05, 4.69) is 10.3 Å². The number of benzene rings is 1. The fourth-order valence-electron chi connectivity index (χ4n) is 1.78. The number of carbonyl (C=O) groups is 2. The Morgan fingerprint density at radius 2 is 2.13 bits per heavy atom. The highest BCUT2D eigenvalue weighted by Gasteiger charge is 2.14. The number of nitrogens with one attached hydrogen (secondary N) is 1. The predicted octanol–water partition coefficient (Wildman–Crippen LogP) is 2.09. The minimum Gasteiger partial charge on any atom is -0.452 e. The Morgan fingerprint density at radius 3 is 2.78 bits per heavy atom. The highest BCUT2D eigenvalue weighted by atomic mass is 16.6. The van der Waals surface area contributed by atoms with Gasteiger partial charge in [-0.3, -0.25) is 19.9 Å². The van der Waals surface area contributed by atoms with E-state index in [1.807, 2.05) is 0 Å². The largest absolute Gasteiger partial charge is 0.452 e. The van der Waals surface area contributed by atoms with Gasteiger partial charge >= 0.3 is 5.97 Å². The lowest BCUT2D eigenvalue weighted by Crippen LogP contribution is -2.21. The number of nitro benzene ring substituents is 1. The van der Waals surface area contributed by atoms with Crippen LogP contribution in [-0.2, 0) is 9.53 Å². The maximum atomic E-state index is 11.7. The van der Waals surface area contributed by atoms with Crippen LogP contribution in [0.5, 0.6) is 0 Å². The second-order valence-electron chi connectivity index (χ2n) is 4.62. The van der Waals surface area contributed by atoms with Gasteiger partial charge in [0.15, 0.2) is 6.61 Å². The summed E-state index contributed by atoms with van der Waals surface area (Å²) >= 11 is 0. The van der Waals surface area contributed by atoms with Crippen molar-refractivity contribution in [3.8, 4) is 0 Å². The summed E-state index contributed by atoms with van der Waals surface area (Å²) in [5.41, 5.74) is 0.863. The number of aryl methyl sites for hydroxylation is 1. The molecule has 0 radical (unpaired) electrons. The van der Waals surface area contributed by atoms with Crippen molar-refractivity contribution in [2.24, 2.45) is 0 Å². The number of rotatable bonds is 5. The number of hydrogen-bond acceptors (Lipinski definition) is 6. The van der Waals surface area contributed by atoms with Gasteiger partial charge < -0.3 is 10.1 Å². The van der Waals surface area contributed by atoms with Crippen molar-refractivity contribution in [1.29, 1.82) is 0 Å². The van der Waals surface area contributed by atoms with Crippen LogP contribution in [0, 0.1) is 17.0 Å². The van der Waals surface area contributed by atoms with Crippen molar-refractivity contribution < 1.29 is 19.2 Å². The van der Waals surface area contributed by atoms with Gasteiger partial charge in [0, 0.05) is 29.7 Å². The first-order chi connectivity index (χ1) is 11.0. The van der Waals surface area contributed by atoms with Gasteiger partial charge in [-0.2, -0.15) is 0 Å². The van der Waals surface area contributed by atoms with E-state index in [1.165, 1.54) is 36.7 Å². The highest BCUT2D eigenvalue weighted by Crippen LogP contribution is 2.22. The lowest BCUT2D eigenvalue weighted by molar-refractivity contribution is -0.385. The number of carbonyl (C=O) groups excluding carboxylic acids is 2. The number of esters is 1. The molecule has 0 saturated heterocycles. The molecule has 0 spiro atoms. The zero-order valence-corrected chi connectivity index (χ0v) is 12.2. The number of anilines is 1. The van der Waals surface area contributed by atoms with Crippen molar-refractivity contribution in [1.82, 2.24) is 4.98 Å². The molecular weight excluding hydrogens is 302 g/mol. The van der Waals surface area contributed by atoms with Crippen LogP contribution in [0.2, 0.25) is 0 Å². The number of nitro groups is 1. The zero-order chi connectivity index (χ0) is 16.8. The van der Waals surface area contributed by atoms with E-state index >= 15 is 0 Å². The summed E-state index contributed by atoms with van der Waals surface area (Å²) < 4.78 is 4.84. The third-order valence-corrected chi connectivity index (χ3v) is 2.92. The average molecular weight is 315 g/mol. The zero-order valence-electron chi connectivity index (χ0n) is 12.2. The molecule has 1 amide bonds. The molecular formula is C15H13N3O5. The molecule has 0 saturated carbocycles. The Balaban J connectivity index is 1.94. The van der Waals surface area contributed by atoms with Crippen LogP contribution >= 0.6 is 0 Å². The molecule has 1 aromatic heterocycles. The maximum Gasteiger partial charge on any atom is 0.340 e. The van der Waals surface area contributed by atoms with E-state index < -0.39 is 23.4 Å². The molecule has 0 fully saturated rings. The molecule has 0 aliphatic carbocycles. The fraction of sp³-hybridized carbons (Fsp3) is 0.133. The van der Waals surface area contributed by atoms with Gasteiger partial charge in [-0.15, -0.1) is 0 Å². The molecule has 2 aromatic rings. The van der Waals surface area contributed by atoms with Crippen molar-refractivity contribution in [2.45, 2.75) is 6.92 Å². The Labute approximate surface area is 131 Å². The predicted molar refractivity (Wildman–Crippen MR) is 81.0 cm³/mol. The number of ether oxygens (including phenoxy) is 1. The van der Waals surface area contributed by atoms with Gasteiger partial charge in [0.25, 0.3) is 11.6 Å². The molecule has 2 rings (SSSR count). The first-order valence-corrected chi connectivity index (χ1v) is 6.59. The molecule has 1 aromatic carbocycles. The van der Waals surface area contributed by atoms with E-state index in [9.17, 15) is 19.7 Å². The third kappa shape index (κ3) is 4.34. The van der Waals surface area contributed by atoms with Crippen LogP contribution in [0.1, 0.15) is 15.9 Å². The summed E-state index contributed by atoms with van der Waals surface area (Å²) in [6, 6.07) is 7.38. The van der Waals surface area contributed by atoms with Crippen molar-refractivity contribution in [3.63, 3.8) is 0 Å². The first kappa shape index (κ1) is 16.1. The number of aromatic nitrogens is 1. The van der Waals surface area contributed by atoms with Gasteiger partial charge in [0.2, 0.25) is 0 Å². The highest BCUT2D eigenvalue weighted by molar-refractivity contribution is 5.95. The lowest BCUT2D eigenvalue weighted by Gasteiger charge is -2.07. The van der Waals surface area contributed by atoms with Crippen LogP contribution in [-0.4, -0.2) is 28.4 Å². The van der Waals surface area contributed by atoms with Crippen LogP contribution in [0.3, 0.4) is 0 Å². The van der Waals surface area contributed by atoms with Crippen molar-refractivity contribution in [2.75, 3.05) is 11.9 Å². The SMILES string of the molecule is Cc1ccc(NC(=O)COC(=O)c2cccnc2)cc1[N+](=O)[O-]. The standard InChI is InChI=1S/C15H13N3O5/c1-10-4-5-12(7-13(10)18(21)22)17-14(19)9-23-15(20)11-3-2-6-16-8-11/h2-8H,9H2,1H3,(H,17,19). The number of hydrogen-bond donors (Lipinski definition) is 1. The summed E-state index contributed by atoms with van der Waals surface area (Å²) in [5, 5.41) is 13.3. The first-order valence-electron chi connectivity index (χ1n) is 6.59. The van der Waals surface area contributed by atoms with E-state index in [0.29, 0.717) is 5.56 Å². The maximum absolute atomic E-state index is 11.7. The molecule has 8 nitrogen and oxygen atoms in total. The molecule has 1 N–H and O–H groups in total. The summed E-state index contributed by atoms with van der Waals surface area (Å²) in [6.45, 7) is 1.09. The monoisotopic (exact) mass is 315 g/mol. The summed E-state index contributed by atoms with van der Waals surface area (Å²) in [5.74, 6) is -1.27. The topological polar surface area (TPSA) is 111 Å². The van der Waals surface area contributed by atoms with Crippen molar-refractivity contribution >= 4 is 23.3 Å². The van der Waals surface area contributed by atoms with Gasteiger partial charge in [0.05, 0.1) is 10.5 Å².